The summed E-state index contributed by atoms with van der Waals surface area (Å²) in [5.41, 5.74) is 0.972. The fourth-order valence-electron chi connectivity index (χ4n) is 1.03. The summed E-state index contributed by atoms with van der Waals surface area (Å²) >= 11 is 7.32. The molecule has 0 spiro atoms. The summed E-state index contributed by atoms with van der Waals surface area (Å²) in [5.74, 6) is 0.507. The summed E-state index contributed by atoms with van der Waals surface area (Å²) in [5, 5.41) is 3.13. The van der Waals surface area contributed by atoms with Crippen molar-refractivity contribution in [2.45, 2.75) is 32.1 Å². The van der Waals surface area contributed by atoms with E-state index in [2.05, 4.69) is 11.9 Å². The van der Waals surface area contributed by atoms with E-state index in [-0.39, 0.29) is 0 Å². The van der Waals surface area contributed by atoms with Crippen LogP contribution in [0.1, 0.15) is 30.5 Å². The summed E-state index contributed by atoms with van der Waals surface area (Å²) in [6, 6.07) is 0. The summed E-state index contributed by atoms with van der Waals surface area (Å²) in [7, 11) is 0. The van der Waals surface area contributed by atoms with Gasteiger partial charge in [-0.3, -0.25) is 0 Å². The zero-order chi connectivity index (χ0) is 10.2. The first kappa shape index (κ1) is 12.0. The van der Waals surface area contributed by atoms with Crippen molar-refractivity contribution >= 4 is 22.9 Å². The zero-order valence-corrected chi connectivity index (χ0v) is 10.0. The van der Waals surface area contributed by atoms with E-state index in [1.807, 2.05) is 5.38 Å². The number of hydrogen-bond donors (Lipinski definition) is 0. The first-order valence-electron chi connectivity index (χ1n) is 4.93. The third kappa shape index (κ3) is 4.40. The molecule has 0 radical (unpaired) electrons. The molecule has 1 aromatic rings. The number of hydrogen-bond acceptors (Lipinski definition) is 3. The molecule has 1 aromatic heterocycles. The molecule has 0 saturated carbocycles. The van der Waals surface area contributed by atoms with Gasteiger partial charge in [0.05, 0.1) is 23.2 Å². The molecule has 0 unspecified atom stereocenters. The molecule has 14 heavy (non-hydrogen) atoms. The molecular formula is C10H16ClNOS. The Morgan fingerprint density at radius 3 is 3.00 bits per heavy atom. The number of alkyl halides is 1. The van der Waals surface area contributed by atoms with Gasteiger partial charge in [-0.2, -0.15) is 0 Å². The van der Waals surface area contributed by atoms with Crippen LogP contribution in [0.15, 0.2) is 5.38 Å². The van der Waals surface area contributed by atoms with Crippen LogP contribution in [-0.2, 0) is 17.0 Å². The molecule has 2 nitrogen and oxygen atoms in total. The molecule has 0 aliphatic heterocycles. The van der Waals surface area contributed by atoms with Crippen molar-refractivity contribution in [3.63, 3.8) is 0 Å². The van der Waals surface area contributed by atoms with Gasteiger partial charge in [0.1, 0.15) is 0 Å². The predicted molar refractivity (Wildman–Crippen MR) is 61.1 cm³/mol. The van der Waals surface area contributed by atoms with Crippen molar-refractivity contribution in [3.8, 4) is 0 Å². The largest absolute Gasteiger partial charge is 0.381 e. The summed E-state index contributed by atoms with van der Waals surface area (Å²) in [4.78, 5) is 4.35. The van der Waals surface area contributed by atoms with E-state index >= 15 is 0 Å². The first-order chi connectivity index (χ1) is 6.86. The predicted octanol–water partition coefficient (Wildman–Crippen LogP) is 3.24. The van der Waals surface area contributed by atoms with Crippen LogP contribution in [0.4, 0.5) is 0 Å². The van der Waals surface area contributed by atoms with Crippen molar-refractivity contribution in [1.29, 1.82) is 0 Å². The molecule has 0 bridgehead atoms. The Bertz CT molecular complexity index is 252. The van der Waals surface area contributed by atoms with Crippen molar-refractivity contribution in [1.82, 2.24) is 4.98 Å². The third-order valence-electron chi connectivity index (χ3n) is 1.84. The summed E-state index contributed by atoms with van der Waals surface area (Å²) < 4.78 is 5.45. The lowest BCUT2D eigenvalue weighted by molar-refractivity contribution is 0.134. The number of halogens is 1. The van der Waals surface area contributed by atoms with Gasteiger partial charge >= 0.3 is 0 Å². The Morgan fingerprint density at radius 2 is 2.36 bits per heavy atom. The molecule has 0 atom stereocenters. The molecule has 0 fully saturated rings. The fourth-order valence-corrected chi connectivity index (χ4v) is 2.04. The van der Waals surface area contributed by atoms with E-state index in [0.717, 1.165) is 36.8 Å². The van der Waals surface area contributed by atoms with Crippen molar-refractivity contribution < 1.29 is 4.74 Å². The Morgan fingerprint density at radius 1 is 1.50 bits per heavy atom. The van der Waals surface area contributed by atoms with Gasteiger partial charge in [-0.1, -0.05) is 13.3 Å². The first-order valence-corrected chi connectivity index (χ1v) is 6.35. The maximum absolute atomic E-state index is 5.66. The lowest BCUT2D eigenvalue weighted by Gasteiger charge is -2.00. The number of aromatic nitrogens is 1. The van der Waals surface area contributed by atoms with Crippen molar-refractivity contribution in [2.24, 2.45) is 0 Å². The Balaban J connectivity index is 2.12. The zero-order valence-electron chi connectivity index (χ0n) is 8.46. The van der Waals surface area contributed by atoms with Gasteiger partial charge < -0.3 is 4.74 Å². The highest BCUT2D eigenvalue weighted by atomic mass is 35.5. The van der Waals surface area contributed by atoms with Gasteiger partial charge in [-0.05, 0) is 6.42 Å². The number of unbranched alkanes of at least 4 members (excludes halogenated alkanes) is 1. The van der Waals surface area contributed by atoms with Crippen LogP contribution < -0.4 is 0 Å². The quantitative estimate of drug-likeness (QED) is 0.533. The number of rotatable bonds is 7. The molecule has 0 N–H and O–H groups in total. The Labute approximate surface area is 94.3 Å². The standard InChI is InChI=1S/C10H16ClNOS/c1-2-3-5-13-6-4-10-12-9(7-11)8-14-10/h8H,2-7H2,1H3. The lowest BCUT2D eigenvalue weighted by Crippen LogP contribution is -1.99. The summed E-state index contributed by atoms with van der Waals surface area (Å²) in [6.45, 7) is 3.80. The molecule has 0 amide bonds. The highest BCUT2D eigenvalue weighted by Gasteiger charge is 2.00. The van der Waals surface area contributed by atoms with Crippen LogP contribution in [0.5, 0.6) is 0 Å². The molecular weight excluding hydrogens is 218 g/mol. The van der Waals surface area contributed by atoms with Crippen LogP contribution in [0.3, 0.4) is 0 Å². The van der Waals surface area contributed by atoms with Crippen molar-refractivity contribution in [2.75, 3.05) is 13.2 Å². The van der Waals surface area contributed by atoms with E-state index in [1.54, 1.807) is 11.3 Å². The minimum Gasteiger partial charge on any atom is -0.381 e. The molecule has 0 saturated heterocycles. The molecule has 0 aliphatic carbocycles. The second-order valence-corrected chi connectivity index (χ2v) is 4.29. The van der Waals surface area contributed by atoms with Crippen LogP contribution in [0.2, 0.25) is 0 Å². The van der Waals surface area contributed by atoms with Gasteiger partial charge in [0.25, 0.3) is 0 Å². The minimum atomic E-state index is 0.507. The average molecular weight is 234 g/mol. The SMILES string of the molecule is CCCCOCCc1nc(CCl)cs1. The van der Waals surface area contributed by atoms with Crippen LogP contribution in [0.25, 0.3) is 0 Å². The monoisotopic (exact) mass is 233 g/mol. The molecule has 1 rings (SSSR count). The maximum atomic E-state index is 5.66. The van der Waals surface area contributed by atoms with E-state index in [4.69, 9.17) is 16.3 Å². The second kappa shape index (κ2) is 7.21. The molecule has 1 heterocycles. The maximum Gasteiger partial charge on any atom is 0.0951 e. The van der Waals surface area contributed by atoms with Crippen LogP contribution >= 0.6 is 22.9 Å². The lowest BCUT2D eigenvalue weighted by atomic mass is 10.4. The number of thiazole rings is 1. The van der Waals surface area contributed by atoms with Gasteiger partial charge in [0, 0.05) is 18.4 Å². The van der Waals surface area contributed by atoms with E-state index in [9.17, 15) is 0 Å². The van der Waals surface area contributed by atoms with Crippen LogP contribution in [0, 0.1) is 0 Å². The Kier molecular flexibility index (Phi) is 6.15. The van der Waals surface area contributed by atoms with E-state index in [0.29, 0.717) is 5.88 Å². The smallest absolute Gasteiger partial charge is 0.0951 e. The molecule has 0 aliphatic rings. The van der Waals surface area contributed by atoms with Crippen LogP contribution in [-0.4, -0.2) is 18.2 Å². The fraction of sp³-hybridized carbons (Fsp3) is 0.700. The average Bonchev–Trinajstić information content (AvgIpc) is 2.65. The third-order valence-corrected chi connectivity index (χ3v) is 3.07. The van der Waals surface area contributed by atoms with Gasteiger partial charge in [-0.15, -0.1) is 22.9 Å². The van der Waals surface area contributed by atoms with Gasteiger partial charge in [-0.25, -0.2) is 4.98 Å². The summed E-state index contributed by atoms with van der Waals surface area (Å²) in [6.07, 6.45) is 3.24. The topological polar surface area (TPSA) is 22.1 Å². The normalized spacial score (nSPS) is 10.7. The Hall–Kier alpha value is -0.120. The molecule has 80 valence electrons. The highest BCUT2D eigenvalue weighted by molar-refractivity contribution is 7.09. The van der Waals surface area contributed by atoms with E-state index < -0.39 is 0 Å². The van der Waals surface area contributed by atoms with Gasteiger partial charge in [0.2, 0.25) is 0 Å². The second-order valence-electron chi connectivity index (χ2n) is 3.08. The van der Waals surface area contributed by atoms with E-state index in [1.165, 1.54) is 6.42 Å². The number of ether oxygens (including phenoxy) is 1. The van der Waals surface area contributed by atoms with Crippen molar-refractivity contribution in [3.05, 3.63) is 16.1 Å². The minimum absolute atomic E-state index is 0.507. The van der Waals surface area contributed by atoms with Gasteiger partial charge in [0.15, 0.2) is 0 Å². The molecule has 4 heteroatoms. The highest BCUT2D eigenvalue weighted by Crippen LogP contribution is 2.12. The molecule has 0 aromatic carbocycles. The number of nitrogens with zero attached hydrogens (tertiary/aromatic N) is 1.